The lowest BCUT2D eigenvalue weighted by Crippen LogP contribution is -2.12. The highest BCUT2D eigenvalue weighted by molar-refractivity contribution is 6.01. The summed E-state index contributed by atoms with van der Waals surface area (Å²) in [5.74, 6) is 0.668. The molecular formula is C19H23NO4. The van der Waals surface area contributed by atoms with Crippen molar-refractivity contribution in [2.75, 3.05) is 20.8 Å². The summed E-state index contributed by atoms with van der Waals surface area (Å²) in [6, 6.07) is 3.77. The molecule has 1 aromatic carbocycles. The SMILES string of the molecule is [C-]#[N+]/C(C(=O)OCCC)=C1/CC(C)(C)c2cc(OC)c(OC)cc21. The van der Waals surface area contributed by atoms with Crippen molar-refractivity contribution in [3.05, 3.63) is 40.4 Å². The van der Waals surface area contributed by atoms with Gasteiger partial charge < -0.3 is 14.2 Å². The molecule has 0 unspecified atom stereocenters. The maximum absolute atomic E-state index is 12.3. The number of nitrogens with zero attached hydrogens (tertiary/aromatic N) is 1. The Morgan fingerprint density at radius 2 is 1.88 bits per heavy atom. The lowest BCUT2D eigenvalue weighted by atomic mass is 9.86. The number of carbonyl (C=O) groups is 1. The summed E-state index contributed by atoms with van der Waals surface area (Å²) in [7, 11) is 3.16. The molecule has 0 amide bonds. The molecule has 24 heavy (non-hydrogen) atoms. The van der Waals surface area contributed by atoms with Gasteiger partial charge in [-0.1, -0.05) is 20.8 Å². The molecule has 5 nitrogen and oxygen atoms in total. The predicted molar refractivity (Wildman–Crippen MR) is 92.0 cm³/mol. The molecule has 5 heteroatoms. The van der Waals surface area contributed by atoms with Crippen LogP contribution in [0.4, 0.5) is 0 Å². The number of esters is 1. The molecule has 0 fully saturated rings. The first-order chi connectivity index (χ1) is 11.4. The van der Waals surface area contributed by atoms with Crippen molar-refractivity contribution in [3.8, 4) is 11.5 Å². The quantitative estimate of drug-likeness (QED) is 0.466. The topological polar surface area (TPSA) is 49.1 Å². The predicted octanol–water partition coefficient (Wildman–Crippen LogP) is 3.97. The highest BCUT2D eigenvalue weighted by atomic mass is 16.5. The van der Waals surface area contributed by atoms with E-state index >= 15 is 0 Å². The minimum absolute atomic E-state index is 0.0579. The van der Waals surface area contributed by atoms with Crippen LogP contribution in [0.5, 0.6) is 11.5 Å². The fourth-order valence-corrected chi connectivity index (χ4v) is 3.03. The minimum Gasteiger partial charge on any atom is -0.493 e. The van der Waals surface area contributed by atoms with E-state index in [1.165, 1.54) is 0 Å². The van der Waals surface area contributed by atoms with Crippen molar-refractivity contribution in [1.29, 1.82) is 0 Å². The zero-order valence-corrected chi connectivity index (χ0v) is 14.9. The Kier molecular flexibility index (Phi) is 5.18. The molecule has 0 atom stereocenters. The van der Waals surface area contributed by atoms with Gasteiger partial charge in [0, 0.05) is 0 Å². The summed E-state index contributed by atoms with van der Waals surface area (Å²) < 4.78 is 15.9. The maximum atomic E-state index is 12.3. The summed E-state index contributed by atoms with van der Waals surface area (Å²) in [6.07, 6.45) is 1.32. The molecule has 0 aliphatic heterocycles. The molecule has 1 aromatic rings. The Labute approximate surface area is 143 Å². The summed E-state index contributed by atoms with van der Waals surface area (Å²) in [5.41, 5.74) is 2.47. The number of hydrogen-bond acceptors (Lipinski definition) is 4. The van der Waals surface area contributed by atoms with Gasteiger partial charge in [-0.15, -0.1) is 0 Å². The van der Waals surface area contributed by atoms with Gasteiger partial charge in [0.1, 0.15) is 0 Å². The van der Waals surface area contributed by atoms with E-state index in [1.54, 1.807) is 14.2 Å². The van der Waals surface area contributed by atoms with Crippen LogP contribution in [-0.2, 0) is 14.9 Å². The molecular weight excluding hydrogens is 306 g/mol. The molecule has 0 bridgehead atoms. The van der Waals surface area contributed by atoms with Crippen LogP contribution in [0.3, 0.4) is 0 Å². The van der Waals surface area contributed by atoms with Gasteiger partial charge in [-0.25, -0.2) is 4.85 Å². The van der Waals surface area contributed by atoms with Crippen LogP contribution >= 0.6 is 0 Å². The fraction of sp³-hybridized carbons (Fsp3) is 0.474. The zero-order chi connectivity index (χ0) is 17.9. The van der Waals surface area contributed by atoms with E-state index in [0.717, 1.165) is 17.5 Å². The Bertz CT molecular complexity index is 726. The molecule has 2 rings (SSSR count). The molecule has 128 valence electrons. The second-order valence-electron chi connectivity index (χ2n) is 6.39. The zero-order valence-electron chi connectivity index (χ0n) is 14.9. The Hall–Kier alpha value is -2.48. The highest BCUT2D eigenvalue weighted by Crippen LogP contribution is 2.50. The summed E-state index contributed by atoms with van der Waals surface area (Å²) in [4.78, 5) is 15.7. The van der Waals surface area contributed by atoms with Crippen molar-refractivity contribution in [1.82, 2.24) is 0 Å². The van der Waals surface area contributed by atoms with Crippen LogP contribution in [0.2, 0.25) is 0 Å². The Morgan fingerprint density at radius 3 is 2.42 bits per heavy atom. The molecule has 0 saturated heterocycles. The number of carbonyl (C=O) groups excluding carboxylic acids is 1. The molecule has 0 N–H and O–H groups in total. The van der Waals surface area contributed by atoms with E-state index in [1.807, 2.05) is 19.1 Å². The minimum atomic E-state index is -0.555. The van der Waals surface area contributed by atoms with Crippen LogP contribution in [0, 0.1) is 6.57 Å². The van der Waals surface area contributed by atoms with Crippen molar-refractivity contribution in [2.24, 2.45) is 0 Å². The van der Waals surface area contributed by atoms with E-state index in [0.29, 0.717) is 30.1 Å². The third-order valence-electron chi connectivity index (χ3n) is 4.22. The first-order valence-corrected chi connectivity index (χ1v) is 7.94. The standard InChI is InChI=1S/C19H23NO4/c1-7-8-24-18(21)17(20-4)13-11-19(2,3)14-10-16(23-6)15(22-5)9-12(13)14/h9-10H,7-8,11H2,1-3,5-6H3/b17-13-. The molecule has 1 aliphatic rings. The first-order valence-electron chi connectivity index (χ1n) is 7.94. The van der Waals surface area contributed by atoms with Crippen molar-refractivity contribution >= 4 is 11.5 Å². The van der Waals surface area contributed by atoms with Gasteiger partial charge in [0.25, 0.3) is 5.70 Å². The molecule has 0 spiro atoms. The van der Waals surface area contributed by atoms with Gasteiger partial charge in [-0.3, -0.25) is 4.79 Å². The number of fused-ring (bicyclic) bond motifs is 1. The largest absolute Gasteiger partial charge is 0.493 e. The van der Waals surface area contributed by atoms with Gasteiger partial charge in [-0.2, -0.15) is 0 Å². The molecule has 0 radical (unpaired) electrons. The third-order valence-corrected chi connectivity index (χ3v) is 4.22. The van der Waals surface area contributed by atoms with E-state index in [4.69, 9.17) is 20.8 Å². The number of methoxy groups -OCH3 is 2. The number of hydrogen-bond donors (Lipinski definition) is 0. The van der Waals surface area contributed by atoms with E-state index in [-0.39, 0.29) is 11.1 Å². The van der Waals surface area contributed by atoms with Crippen LogP contribution in [0.1, 0.15) is 44.7 Å². The molecule has 0 saturated carbocycles. The lowest BCUT2D eigenvalue weighted by molar-refractivity contribution is -0.138. The lowest BCUT2D eigenvalue weighted by Gasteiger charge is -2.19. The van der Waals surface area contributed by atoms with Crippen LogP contribution in [0.25, 0.3) is 10.4 Å². The van der Waals surface area contributed by atoms with E-state index in [2.05, 4.69) is 18.7 Å². The van der Waals surface area contributed by atoms with Gasteiger partial charge in [0.15, 0.2) is 11.5 Å². The maximum Gasteiger partial charge on any atom is 0.336 e. The number of rotatable bonds is 5. The second-order valence-corrected chi connectivity index (χ2v) is 6.39. The average Bonchev–Trinajstić information content (AvgIpc) is 2.83. The molecule has 0 aromatic heterocycles. The summed E-state index contributed by atoms with van der Waals surface area (Å²) >= 11 is 0. The first kappa shape index (κ1) is 17.9. The van der Waals surface area contributed by atoms with Crippen LogP contribution in [-0.4, -0.2) is 26.8 Å². The van der Waals surface area contributed by atoms with Crippen molar-refractivity contribution in [2.45, 2.75) is 39.0 Å². The fourth-order valence-electron chi connectivity index (χ4n) is 3.03. The van der Waals surface area contributed by atoms with Crippen LogP contribution < -0.4 is 9.47 Å². The van der Waals surface area contributed by atoms with E-state index in [9.17, 15) is 4.79 Å². The van der Waals surface area contributed by atoms with E-state index < -0.39 is 5.97 Å². The molecule has 0 heterocycles. The van der Waals surface area contributed by atoms with Crippen molar-refractivity contribution in [3.63, 3.8) is 0 Å². The third kappa shape index (κ3) is 3.09. The molecule has 1 aliphatic carbocycles. The Morgan fingerprint density at radius 1 is 1.25 bits per heavy atom. The van der Waals surface area contributed by atoms with Gasteiger partial charge in [0.2, 0.25) is 0 Å². The highest BCUT2D eigenvalue weighted by Gasteiger charge is 2.37. The second kappa shape index (κ2) is 6.96. The summed E-state index contributed by atoms with van der Waals surface area (Å²) in [6.45, 7) is 13.9. The Balaban J connectivity index is 2.63. The number of ether oxygens (including phenoxy) is 3. The van der Waals surface area contributed by atoms with Gasteiger partial charge in [0.05, 0.1) is 27.4 Å². The van der Waals surface area contributed by atoms with Gasteiger partial charge >= 0.3 is 5.97 Å². The normalized spacial score (nSPS) is 16.8. The van der Waals surface area contributed by atoms with Crippen molar-refractivity contribution < 1.29 is 19.0 Å². The number of allylic oxidation sites excluding steroid dienone is 1. The monoisotopic (exact) mass is 329 g/mol. The summed E-state index contributed by atoms with van der Waals surface area (Å²) in [5, 5.41) is 0. The smallest absolute Gasteiger partial charge is 0.336 e. The van der Waals surface area contributed by atoms with Gasteiger partial charge in [-0.05, 0) is 47.1 Å². The average molecular weight is 329 g/mol. The van der Waals surface area contributed by atoms with Crippen LogP contribution in [0.15, 0.2) is 17.8 Å². The number of benzene rings is 1.